The zero-order valence-electron chi connectivity index (χ0n) is 12.2. The molecule has 1 aromatic heterocycles. The number of piperidine rings is 1. The summed E-state index contributed by atoms with van der Waals surface area (Å²) < 4.78 is 28.7. The Hall–Kier alpha value is -0.560. The van der Waals surface area contributed by atoms with Crippen molar-refractivity contribution in [2.75, 3.05) is 27.2 Å². The van der Waals surface area contributed by atoms with Gasteiger partial charge in [0.1, 0.15) is 4.90 Å². The van der Waals surface area contributed by atoms with Crippen LogP contribution in [0, 0.1) is 0 Å². The molecule has 2 heterocycles. The van der Waals surface area contributed by atoms with E-state index in [1.807, 2.05) is 21.1 Å². The molecular weight excluding hydrogens is 298 g/mol. The van der Waals surface area contributed by atoms with E-state index in [-0.39, 0.29) is 6.04 Å². The van der Waals surface area contributed by atoms with E-state index in [1.54, 1.807) is 21.1 Å². The molecule has 1 unspecified atom stereocenters. The fraction of sp³-hybridized carbons (Fsp3) is 0.692. The lowest BCUT2D eigenvalue weighted by molar-refractivity contribution is 0.190. The van der Waals surface area contributed by atoms with Crippen molar-refractivity contribution in [1.82, 2.24) is 13.8 Å². The third kappa shape index (κ3) is 3.03. The van der Waals surface area contributed by atoms with E-state index in [0.717, 1.165) is 18.5 Å². The van der Waals surface area contributed by atoms with E-state index in [9.17, 15) is 8.42 Å². The van der Waals surface area contributed by atoms with Crippen molar-refractivity contribution in [2.45, 2.75) is 29.7 Å². The smallest absolute Gasteiger partial charge is 0.244 e. The fourth-order valence-electron chi connectivity index (χ4n) is 2.56. The van der Waals surface area contributed by atoms with Gasteiger partial charge in [-0.15, -0.1) is 11.6 Å². The topological polar surface area (TPSA) is 45.6 Å². The van der Waals surface area contributed by atoms with Crippen LogP contribution in [0.15, 0.2) is 17.2 Å². The van der Waals surface area contributed by atoms with Crippen LogP contribution in [0.4, 0.5) is 0 Å². The van der Waals surface area contributed by atoms with E-state index in [1.165, 1.54) is 0 Å². The summed E-state index contributed by atoms with van der Waals surface area (Å²) >= 11 is 5.81. The molecule has 1 saturated heterocycles. The molecule has 1 aliphatic heterocycles. The molecule has 0 spiro atoms. The lowest BCUT2D eigenvalue weighted by Crippen LogP contribution is -2.47. The first-order chi connectivity index (χ1) is 9.36. The van der Waals surface area contributed by atoms with Crippen molar-refractivity contribution in [2.24, 2.45) is 7.05 Å². The number of hydrogen-bond acceptors (Lipinski definition) is 3. The number of sulfonamides is 1. The maximum Gasteiger partial charge on any atom is 0.244 e. The Morgan fingerprint density at radius 2 is 2.15 bits per heavy atom. The third-order valence-electron chi connectivity index (χ3n) is 3.95. The molecule has 0 radical (unpaired) electrons. The van der Waals surface area contributed by atoms with Crippen molar-refractivity contribution in [3.63, 3.8) is 0 Å². The van der Waals surface area contributed by atoms with E-state index in [4.69, 9.17) is 11.6 Å². The molecule has 20 heavy (non-hydrogen) atoms. The second kappa shape index (κ2) is 6.05. The summed E-state index contributed by atoms with van der Waals surface area (Å²) in [5, 5.41) is 0. The first kappa shape index (κ1) is 15.8. The highest BCUT2D eigenvalue weighted by molar-refractivity contribution is 7.89. The molecule has 0 N–H and O–H groups in total. The molecular formula is C13H22ClN3O2S. The second-order valence-corrected chi connectivity index (χ2v) is 7.74. The number of aromatic nitrogens is 1. The first-order valence-corrected chi connectivity index (χ1v) is 8.71. The third-order valence-corrected chi connectivity index (χ3v) is 6.05. The van der Waals surface area contributed by atoms with Crippen LogP contribution in [0.2, 0.25) is 0 Å². The van der Waals surface area contributed by atoms with Crippen LogP contribution in [0.1, 0.15) is 18.5 Å². The van der Waals surface area contributed by atoms with Gasteiger partial charge in [0.25, 0.3) is 0 Å². The van der Waals surface area contributed by atoms with Gasteiger partial charge >= 0.3 is 0 Å². The fourth-order valence-corrected chi connectivity index (χ4v) is 4.44. The van der Waals surface area contributed by atoms with E-state index in [0.29, 0.717) is 23.9 Å². The van der Waals surface area contributed by atoms with Gasteiger partial charge in [0.15, 0.2) is 0 Å². The molecule has 1 fully saturated rings. The molecule has 2 rings (SSSR count). The van der Waals surface area contributed by atoms with Gasteiger partial charge in [0.2, 0.25) is 10.0 Å². The molecule has 0 aliphatic carbocycles. The van der Waals surface area contributed by atoms with Crippen LogP contribution < -0.4 is 0 Å². The van der Waals surface area contributed by atoms with Crippen molar-refractivity contribution in [3.8, 4) is 0 Å². The number of aryl methyl sites for hydroxylation is 1. The van der Waals surface area contributed by atoms with E-state index in [2.05, 4.69) is 4.90 Å². The zero-order chi connectivity index (χ0) is 14.9. The minimum absolute atomic E-state index is 0.287. The Labute approximate surface area is 126 Å². The van der Waals surface area contributed by atoms with Gasteiger partial charge < -0.3 is 9.47 Å². The first-order valence-electron chi connectivity index (χ1n) is 6.74. The predicted molar refractivity (Wildman–Crippen MR) is 80.4 cm³/mol. The quantitative estimate of drug-likeness (QED) is 0.790. The van der Waals surface area contributed by atoms with E-state index >= 15 is 0 Å². The van der Waals surface area contributed by atoms with Gasteiger partial charge in [-0.05, 0) is 33.0 Å². The minimum Gasteiger partial charge on any atom is -0.352 e. The summed E-state index contributed by atoms with van der Waals surface area (Å²) in [6.45, 7) is 1.15. The highest BCUT2D eigenvalue weighted by Gasteiger charge is 2.31. The van der Waals surface area contributed by atoms with Crippen molar-refractivity contribution in [1.29, 1.82) is 0 Å². The highest BCUT2D eigenvalue weighted by atomic mass is 35.5. The summed E-state index contributed by atoms with van der Waals surface area (Å²) in [6.07, 6.45) is 3.59. The molecule has 0 saturated carbocycles. The Morgan fingerprint density at radius 1 is 1.45 bits per heavy atom. The molecule has 114 valence electrons. The molecule has 1 atom stereocenters. The number of likely N-dealkylation sites (N-methyl/N-ethyl adjacent to an activating group) is 1. The summed E-state index contributed by atoms with van der Waals surface area (Å²) in [4.78, 5) is 2.44. The Balaban J connectivity index is 2.25. The Kier molecular flexibility index (Phi) is 4.79. The monoisotopic (exact) mass is 319 g/mol. The zero-order valence-corrected chi connectivity index (χ0v) is 13.8. The molecule has 0 aromatic carbocycles. The average molecular weight is 320 g/mol. The molecule has 1 aliphatic rings. The standard InChI is InChI=1S/C13H22ClN3O2S/c1-15(2)11-5-4-6-17(9-11)20(18,19)13-7-12(8-14)16(3)10-13/h7,10-11H,4-6,8-9H2,1-3H3. The summed E-state index contributed by atoms with van der Waals surface area (Å²) in [5.74, 6) is 0.312. The van der Waals surface area contributed by atoms with Gasteiger partial charge in [-0.25, -0.2) is 8.42 Å². The lowest BCUT2D eigenvalue weighted by atomic mass is 10.1. The highest BCUT2D eigenvalue weighted by Crippen LogP contribution is 2.24. The number of rotatable bonds is 4. The van der Waals surface area contributed by atoms with Crippen LogP contribution in [-0.4, -0.2) is 55.4 Å². The minimum atomic E-state index is -3.41. The predicted octanol–water partition coefficient (Wildman–Crippen LogP) is 1.48. The summed E-state index contributed by atoms with van der Waals surface area (Å²) in [5.41, 5.74) is 0.811. The number of halogens is 1. The second-order valence-electron chi connectivity index (χ2n) is 5.53. The Bertz CT molecular complexity index is 568. The largest absolute Gasteiger partial charge is 0.352 e. The van der Waals surface area contributed by atoms with Crippen molar-refractivity contribution < 1.29 is 8.42 Å². The van der Waals surface area contributed by atoms with Gasteiger partial charge in [-0.1, -0.05) is 0 Å². The molecule has 1 aromatic rings. The van der Waals surface area contributed by atoms with Gasteiger partial charge in [0, 0.05) is 38.1 Å². The van der Waals surface area contributed by atoms with Crippen molar-refractivity contribution >= 4 is 21.6 Å². The van der Waals surface area contributed by atoms with Gasteiger partial charge in [-0.2, -0.15) is 4.31 Å². The van der Waals surface area contributed by atoms with Crippen LogP contribution >= 0.6 is 11.6 Å². The van der Waals surface area contributed by atoms with Crippen LogP contribution in [0.3, 0.4) is 0 Å². The number of alkyl halides is 1. The number of nitrogens with zero attached hydrogens (tertiary/aromatic N) is 3. The molecule has 0 amide bonds. The maximum absolute atomic E-state index is 12.7. The maximum atomic E-state index is 12.7. The summed E-state index contributed by atoms with van der Waals surface area (Å²) in [6, 6.07) is 1.96. The van der Waals surface area contributed by atoms with Crippen LogP contribution in [0.25, 0.3) is 0 Å². The molecule has 7 heteroatoms. The molecule has 5 nitrogen and oxygen atoms in total. The lowest BCUT2D eigenvalue weighted by Gasteiger charge is -2.35. The van der Waals surface area contributed by atoms with Gasteiger partial charge in [0.05, 0.1) is 5.88 Å². The normalized spacial score (nSPS) is 21.6. The summed E-state index contributed by atoms with van der Waals surface area (Å²) in [7, 11) is 2.39. The molecule has 0 bridgehead atoms. The Morgan fingerprint density at radius 3 is 2.70 bits per heavy atom. The average Bonchev–Trinajstić information content (AvgIpc) is 2.81. The SMILES string of the molecule is CN(C)C1CCCN(S(=O)(=O)c2cc(CCl)n(C)c2)C1. The van der Waals surface area contributed by atoms with Crippen LogP contribution in [-0.2, 0) is 23.0 Å². The van der Waals surface area contributed by atoms with Gasteiger partial charge in [-0.3, -0.25) is 0 Å². The van der Waals surface area contributed by atoms with Crippen molar-refractivity contribution in [3.05, 3.63) is 18.0 Å². The number of hydrogen-bond donors (Lipinski definition) is 0. The van der Waals surface area contributed by atoms with Crippen LogP contribution in [0.5, 0.6) is 0 Å². The van der Waals surface area contributed by atoms with E-state index < -0.39 is 10.0 Å².